The molecule has 3 heterocycles. The van der Waals surface area contributed by atoms with E-state index in [1.165, 1.54) is 11.1 Å². The summed E-state index contributed by atoms with van der Waals surface area (Å²) in [6.07, 6.45) is 6.40. The molecule has 0 aliphatic carbocycles. The van der Waals surface area contributed by atoms with E-state index in [0.717, 1.165) is 57.0 Å². The van der Waals surface area contributed by atoms with E-state index in [2.05, 4.69) is 39.1 Å². The predicted octanol–water partition coefficient (Wildman–Crippen LogP) is 2.59. The molecule has 1 unspecified atom stereocenters. The van der Waals surface area contributed by atoms with Crippen LogP contribution in [-0.2, 0) is 17.8 Å². The second kappa shape index (κ2) is 6.82. The molecule has 0 spiro atoms. The lowest BCUT2D eigenvalue weighted by atomic mass is 9.94. The van der Waals surface area contributed by atoms with Gasteiger partial charge >= 0.3 is 0 Å². The molecule has 2 aromatic rings. The molecule has 5 nitrogen and oxygen atoms in total. The van der Waals surface area contributed by atoms with Crippen molar-refractivity contribution in [2.45, 2.75) is 32.7 Å². The lowest BCUT2D eigenvalue weighted by Gasteiger charge is -2.37. The summed E-state index contributed by atoms with van der Waals surface area (Å²) in [5.41, 5.74) is 3.61. The van der Waals surface area contributed by atoms with E-state index < -0.39 is 0 Å². The maximum Gasteiger partial charge on any atom is 0.227 e. The highest BCUT2D eigenvalue weighted by atomic mass is 16.2. The van der Waals surface area contributed by atoms with Gasteiger partial charge in [0.05, 0.1) is 11.6 Å². The fourth-order valence-corrected chi connectivity index (χ4v) is 4.02. The third kappa shape index (κ3) is 3.23. The minimum atomic E-state index is 0.0559. The average Bonchev–Trinajstić information content (AvgIpc) is 2.67. The molecule has 1 amide bonds. The van der Waals surface area contributed by atoms with Crippen molar-refractivity contribution in [2.24, 2.45) is 5.92 Å². The summed E-state index contributed by atoms with van der Waals surface area (Å²) in [7, 11) is 0. The first-order chi connectivity index (χ1) is 12.2. The Labute approximate surface area is 148 Å². The van der Waals surface area contributed by atoms with Crippen LogP contribution in [0.1, 0.15) is 29.7 Å². The zero-order valence-corrected chi connectivity index (χ0v) is 14.7. The van der Waals surface area contributed by atoms with Crippen LogP contribution in [0.4, 0.5) is 5.82 Å². The SMILES string of the molecule is Cc1nccnc1N1CCCC(C(=O)N2CCc3ccccc3C2)C1. The number of carbonyl (C=O) groups excluding carboxylic acids is 1. The van der Waals surface area contributed by atoms with Gasteiger partial charge in [0.25, 0.3) is 0 Å². The van der Waals surface area contributed by atoms with Crippen LogP contribution < -0.4 is 4.90 Å². The molecule has 130 valence electrons. The van der Waals surface area contributed by atoms with Gasteiger partial charge in [0, 0.05) is 38.6 Å². The quantitative estimate of drug-likeness (QED) is 0.846. The van der Waals surface area contributed by atoms with Crippen LogP contribution in [0.15, 0.2) is 36.7 Å². The van der Waals surface area contributed by atoms with Crippen LogP contribution in [-0.4, -0.2) is 40.4 Å². The maximum absolute atomic E-state index is 13.1. The van der Waals surface area contributed by atoms with Crippen LogP contribution in [0.25, 0.3) is 0 Å². The van der Waals surface area contributed by atoms with E-state index in [0.29, 0.717) is 5.91 Å². The Kier molecular flexibility index (Phi) is 4.38. The number of rotatable bonds is 2. The highest BCUT2D eigenvalue weighted by Crippen LogP contribution is 2.26. The second-order valence-electron chi connectivity index (χ2n) is 7.03. The number of aromatic nitrogens is 2. The van der Waals surface area contributed by atoms with Gasteiger partial charge in [0.15, 0.2) is 0 Å². The normalized spacial score (nSPS) is 20.3. The fourth-order valence-electron chi connectivity index (χ4n) is 4.02. The van der Waals surface area contributed by atoms with Crippen molar-refractivity contribution in [1.29, 1.82) is 0 Å². The number of hydrogen-bond acceptors (Lipinski definition) is 4. The van der Waals surface area contributed by atoms with Crippen molar-refractivity contribution < 1.29 is 4.79 Å². The van der Waals surface area contributed by atoms with E-state index >= 15 is 0 Å². The van der Waals surface area contributed by atoms with Gasteiger partial charge in [0.2, 0.25) is 5.91 Å². The minimum absolute atomic E-state index is 0.0559. The Morgan fingerprint density at radius 3 is 2.76 bits per heavy atom. The summed E-state index contributed by atoms with van der Waals surface area (Å²) in [5, 5.41) is 0. The van der Waals surface area contributed by atoms with Gasteiger partial charge in [0.1, 0.15) is 5.82 Å². The molecule has 1 atom stereocenters. The summed E-state index contributed by atoms with van der Waals surface area (Å²) in [5.74, 6) is 1.27. The minimum Gasteiger partial charge on any atom is -0.354 e. The molecule has 1 fully saturated rings. The number of nitrogens with zero attached hydrogens (tertiary/aromatic N) is 4. The molecule has 5 heteroatoms. The van der Waals surface area contributed by atoms with Gasteiger partial charge in [-0.25, -0.2) is 4.98 Å². The number of fused-ring (bicyclic) bond motifs is 1. The Bertz CT molecular complexity index is 776. The molecule has 25 heavy (non-hydrogen) atoms. The highest BCUT2D eigenvalue weighted by Gasteiger charge is 2.31. The van der Waals surface area contributed by atoms with Crippen molar-refractivity contribution >= 4 is 11.7 Å². The Morgan fingerprint density at radius 1 is 1.12 bits per heavy atom. The molecular weight excluding hydrogens is 312 g/mol. The van der Waals surface area contributed by atoms with Crippen molar-refractivity contribution in [3.63, 3.8) is 0 Å². The number of carbonyl (C=O) groups is 1. The molecular formula is C20H24N4O. The summed E-state index contributed by atoms with van der Waals surface area (Å²) < 4.78 is 0. The average molecular weight is 336 g/mol. The van der Waals surface area contributed by atoms with Crippen molar-refractivity contribution in [3.05, 3.63) is 53.5 Å². The summed E-state index contributed by atoms with van der Waals surface area (Å²) in [4.78, 5) is 26.2. The topological polar surface area (TPSA) is 49.3 Å². The van der Waals surface area contributed by atoms with Crippen molar-refractivity contribution in [1.82, 2.24) is 14.9 Å². The van der Waals surface area contributed by atoms with E-state index in [4.69, 9.17) is 0 Å². The van der Waals surface area contributed by atoms with Crippen LogP contribution in [0.3, 0.4) is 0 Å². The Hall–Kier alpha value is -2.43. The highest BCUT2D eigenvalue weighted by molar-refractivity contribution is 5.80. The molecule has 0 bridgehead atoms. The number of amides is 1. The van der Waals surface area contributed by atoms with Crippen molar-refractivity contribution in [2.75, 3.05) is 24.5 Å². The van der Waals surface area contributed by atoms with Gasteiger partial charge in [-0.05, 0) is 37.3 Å². The molecule has 0 N–H and O–H groups in total. The molecule has 1 aromatic carbocycles. The Balaban J connectivity index is 1.47. The monoisotopic (exact) mass is 336 g/mol. The zero-order valence-electron chi connectivity index (χ0n) is 14.7. The maximum atomic E-state index is 13.1. The number of hydrogen-bond donors (Lipinski definition) is 0. The predicted molar refractivity (Wildman–Crippen MR) is 97.3 cm³/mol. The number of piperidine rings is 1. The number of anilines is 1. The summed E-state index contributed by atoms with van der Waals surface area (Å²) in [6, 6.07) is 8.46. The van der Waals surface area contributed by atoms with Gasteiger partial charge in [-0.1, -0.05) is 24.3 Å². The third-order valence-electron chi connectivity index (χ3n) is 5.37. The molecule has 4 rings (SSSR count). The standard InChI is InChI=1S/C20H24N4O/c1-15-19(22-10-9-21-15)23-11-4-7-18(14-23)20(25)24-12-8-16-5-2-3-6-17(16)13-24/h2-3,5-6,9-10,18H,4,7-8,11-14H2,1H3. The van der Waals surface area contributed by atoms with Crippen LogP contribution in [0, 0.1) is 12.8 Å². The van der Waals surface area contributed by atoms with Crippen LogP contribution >= 0.6 is 0 Å². The summed E-state index contributed by atoms with van der Waals surface area (Å²) >= 11 is 0. The van der Waals surface area contributed by atoms with Gasteiger partial charge in [-0.2, -0.15) is 0 Å². The molecule has 1 aromatic heterocycles. The second-order valence-corrected chi connectivity index (χ2v) is 7.03. The smallest absolute Gasteiger partial charge is 0.227 e. The van der Waals surface area contributed by atoms with Gasteiger partial charge in [-0.15, -0.1) is 0 Å². The molecule has 0 saturated carbocycles. The van der Waals surface area contributed by atoms with E-state index in [1.807, 2.05) is 11.8 Å². The lowest BCUT2D eigenvalue weighted by Crippen LogP contribution is -2.46. The van der Waals surface area contributed by atoms with Gasteiger partial charge < -0.3 is 9.80 Å². The van der Waals surface area contributed by atoms with Crippen LogP contribution in [0.2, 0.25) is 0 Å². The van der Waals surface area contributed by atoms with E-state index in [9.17, 15) is 4.79 Å². The number of aryl methyl sites for hydroxylation is 1. The molecule has 1 saturated heterocycles. The Morgan fingerprint density at radius 2 is 1.92 bits per heavy atom. The van der Waals surface area contributed by atoms with E-state index in [-0.39, 0.29) is 5.92 Å². The number of benzene rings is 1. The third-order valence-corrected chi connectivity index (χ3v) is 5.37. The lowest BCUT2D eigenvalue weighted by molar-refractivity contribution is -0.136. The molecule has 0 radical (unpaired) electrons. The fraction of sp³-hybridized carbons (Fsp3) is 0.450. The first kappa shape index (κ1) is 16.1. The first-order valence-electron chi connectivity index (χ1n) is 9.10. The largest absolute Gasteiger partial charge is 0.354 e. The summed E-state index contributed by atoms with van der Waals surface area (Å²) in [6.45, 7) is 5.25. The molecule has 2 aliphatic rings. The van der Waals surface area contributed by atoms with Crippen LogP contribution in [0.5, 0.6) is 0 Å². The molecule has 2 aliphatic heterocycles. The zero-order chi connectivity index (χ0) is 17.2. The first-order valence-corrected chi connectivity index (χ1v) is 9.10. The van der Waals surface area contributed by atoms with Crippen molar-refractivity contribution in [3.8, 4) is 0 Å². The van der Waals surface area contributed by atoms with Gasteiger partial charge in [-0.3, -0.25) is 9.78 Å². The van der Waals surface area contributed by atoms with E-state index in [1.54, 1.807) is 12.4 Å².